The average molecular weight is 618 g/mol. The van der Waals surface area contributed by atoms with Gasteiger partial charge < -0.3 is 15.0 Å². The van der Waals surface area contributed by atoms with Crippen molar-refractivity contribution in [3.8, 4) is 5.75 Å². The van der Waals surface area contributed by atoms with Crippen molar-refractivity contribution in [2.24, 2.45) is 0 Å². The number of nitrogens with zero attached hydrogens (tertiary/aromatic N) is 1. The molecule has 3 aromatic carbocycles. The highest BCUT2D eigenvalue weighted by Gasteiger charge is 2.33. The quantitative estimate of drug-likeness (QED) is 0.261. The van der Waals surface area contributed by atoms with Gasteiger partial charge in [-0.25, -0.2) is 0 Å². The molecule has 0 aliphatic heterocycles. The highest BCUT2D eigenvalue weighted by Crippen LogP contribution is 2.28. The molecule has 1 aliphatic rings. The van der Waals surface area contributed by atoms with E-state index in [0.717, 1.165) is 35.7 Å². The Morgan fingerprint density at radius 3 is 2.24 bits per heavy atom. The summed E-state index contributed by atoms with van der Waals surface area (Å²) >= 11 is 16.4. The van der Waals surface area contributed by atoms with Crippen LogP contribution in [0, 0.1) is 0 Å². The standard InChI is InChI=1S/C30H31BrCl2N2O3/c31-22-14-16-24(17-15-22)38-20-29(36)35(19-25-26(32)12-7-13-27(25)33)28(18-21-8-3-1-4-9-21)30(37)34-23-10-5-2-6-11-23/h1,3-4,7-9,12-17,23,28H,2,5-6,10-11,18-20H2,(H,34,37). The van der Waals surface area contributed by atoms with Gasteiger partial charge in [-0.2, -0.15) is 0 Å². The van der Waals surface area contributed by atoms with Crippen LogP contribution in [0.25, 0.3) is 0 Å². The molecule has 0 spiro atoms. The Morgan fingerprint density at radius 2 is 1.58 bits per heavy atom. The van der Waals surface area contributed by atoms with Crippen LogP contribution in [-0.4, -0.2) is 35.4 Å². The number of hydrogen-bond acceptors (Lipinski definition) is 3. The van der Waals surface area contributed by atoms with Crippen LogP contribution in [0.2, 0.25) is 10.0 Å². The van der Waals surface area contributed by atoms with Gasteiger partial charge in [-0.3, -0.25) is 9.59 Å². The normalized spacial score (nSPS) is 14.5. The van der Waals surface area contributed by atoms with Crippen LogP contribution >= 0.6 is 39.1 Å². The molecule has 8 heteroatoms. The van der Waals surface area contributed by atoms with Gasteiger partial charge in [0.2, 0.25) is 5.91 Å². The molecule has 0 heterocycles. The number of carbonyl (C=O) groups is 2. The van der Waals surface area contributed by atoms with E-state index in [9.17, 15) is 9.59 Å². The monoisotopic (exact) mass is 616 g/mol. The number of carbonyl (C=O) groups excluding carboxylic acids is 2. The first-order chi connectivity index (χ1) is 18.4. The molecule has 38 heavy (non-hydrogen) atoms. The van der Waals surface area contributed by atoms with Crippen molar-refractivity contribution in [2.45, 2.75) is 57.2 Å². The number of halogens is 3. The fraction of sp³-hybridized carbons (Fsp3) is 0.333. The van der Waals surface area contributed by atoms with E-state index in [0.29, 0.717) is 27.8 Å². The van der Waals surface area contributed by atoms with Crippen LogP contribution in [-0.2, 0) is 22.6 Å². The summed E-state index contributed by atoms with van der Waals surface area (Å²) in [4.78, 5) is 29.1. The molecule has 1 fully saturated rings. The summed E-state index contributed by atoms with van der Waals surface area (Å²) in [5, 5.41) is 4.10. The first kappa shape index (κ1) is 28.5. The van der Waals surface area contributed by atoms with Crippen LogP contribution in [0.15, 0.2) is 77.3 Å². The summed E-state index contributed by atoms with van der Waals surface area (Å²) in [6.07, 6.45) is 5.61. The first-order valence-electron chi connectivity index (χ1n) is 12.9. The van der Waals surface area contributed by atoms with Crippen molar-refractivity contribution in [3.05, 3.63) is 98.4 Å². The molecule has 1 N–H and O–H groups in total. The largest absolute Gasteiger partial charge is 0.484 e. The highest BCUT2D eigenvalue weighted by molar-refractivity contribution is 9.10. The molecule has 0 bridgehead atoms. The van der Waals surface area contributed by atoms with Crippen LogP contribution in [0.3, 0.4) is 0 Å². The molecule has 1 unspecified atom stereocenters. The fourth-order valence-corrected chi connectivity index (χ4v) is 5.49. The van der Waals surface area contributed by atoms with E-state index in [1.807, 2.05) is 42.5 Å². The Bertz CT molecular complexity index is 1200. The zero-order valence-corrected chi connectivity index (χ0v) is 24.1. The summed E-state index contributed by atoms with van der Waals surface area (Å²) in [5.74, 6) is 0.0492. The lowest BCUT2D eigenvalue weighted by molar-refractivity contribution is -0.143. The number of hydrogen-bond donors (Lipinski definition) is 1. The van der Waals surface area contributed by atoms with Crippen LogP contribution in [0.5, 0.6) is 5.75 Å². The molecule has 2 amide bonds. The minimum Gasteiger partial charge on any atom is -0.484 e. The highest BCUT2D eigenvalue weighted by atomic mass is 79.9. The number of nitrogens with one attached hydrogen (secondary N) is 1. The predicted molar refractivity (Wildman–Crippen MR) is 156 cm³/mol. The third-order valence-corrected chi connectivity index (χ3v) is 8.03. The molecule has 0 radical (unpaired) electrons. The Balaban J connectivity index is 1.64. The van der Waals surface area contributed by atoms with Gasteiger partial charge in [0.15, 0.2) is 6.61 Å². The second-order valence-electron chi connectivity index (χ2n) is 9.51. The van der Waals surface area contributed by atoms with Gasteiger partial charge in [-0.1, -0.05) is 94.8 Å². The number of rotatable bonds is 10. The number of amides is 2. The Kier molecular flexibility index (Phi) is 10.5. The molecule has 3 aromatic rings. The second kappa shape index (κ2) is 14.0. The summed E-state index contributed by atoms with van der Waals surface area (Å²) < 4.78 is 6.73. The van der Waals surface area contributed by atoms with Crippen molar-refractivity contribution in [1.82, 2.24) is 10.2 Å². The van der Waals surface area contributed by atoms with Gasteiger partial charge in [0.05, 0.1) is 0 Å². The molecule has 200 valence electrons. The molecule has 1 atom stereocenters. The molecule has 1 saturated carbocycles. The number of ether oxygens (including phenoxy) is 1. The van der Waals surface area contributed by atoms with E-state index in [4.69, 9.17) is 27.9 Å². The van der Waals surface area contributed by atoms with E-state index in [-0.39, 0.29) is 31.0 Å². The fourth-order valence-electron chi connectivity index (χ4n) is 4.71. The van der Waals surface area contributed by atoms with Crippen molar-refractivity contribution in [2.75, 3.05) is 6.61 Å². The van der Waals surface area contributed by atoms with Gasteiger partial charge in [-0.05, 0) is 54.8 Å². The summed E-state index contributed by atoms with van der Waals surface area (Å²) in [6.45, 7) is -0.150. The maximum atomic E-state index is 13.8. The van der Waals surface area contributed by atoms with Crippen molar-refractivity contribution in [3.63, 3.8) is 0 Å². The third-order valence-electron chi connectivity index (χ3n) is 6.79. The third kappa shape index (κ3) is 7.98. The van der Waals surface area contributed by atoms with Gasteiger partial charge >= 0.3 is 0 Å². The summed E-state index contributed by atoms with van der Waals surface area (Å²) in [6, 6.07) is 21.5. The van der Waals surface area contributed by atoms with E-state index >= 15 is 0 Å². The lowest BCUT2D eigenvalue weighted by Gasteiger charge is -2.33. The molecule has 0 saturated heterocycles. The molecule has 0 aromatic heterocycles. The Hall–Kier alpha value is -2.54. The van der Waals surface area contributed by atoms with E-state index < -0.39 is 6.04 Å². The van der Waals surface area contributed by atoms with Gasteiger partial charge in [0, 0.05) is 39.1 Å². The zero-order valence-electron chi connectivity index (χ0n) is 21.0. The smallest absolute Gasteiger partial charge is 0.261 e. The SMILES string of the molecule is O=C(NC1CCCCC1)C(Cc1ccccc1)N(Cc1c(Cl)cccc1Cl)C(=O)COc1ccc(Br)cc1. The summed E-state index contributed by atoms with van der Waals surface area (Å²) in [5.41, 5.74) is 1.55. The van der Waals surface area contributed by atoms with Gasteiger partial charge in [0.1, 0.15) is 11.8 Å². The maximum absolute atomic E-state index is 13.8. The van der Waals surface area contributed by atoms with E-state index in [2.05, 4.69) is 21.2 Å². The van der Waals surface area contributed by atoms with Crippen LogP contribution in [0.1, 0.15) is 43.2 Å². The van der Waals surface area contributed by atoms with Crippen molar-refractivity contribution >= 4 is 50.9 Å². The van der Waals surface area contributed by atoms with E-state index in [1.165, 1.54) is 6.42 Å². The lowest BCUT2D eigenvalue weighted by atomic mass is 9.94. The maximum Gasteiger partial charge on any atom is 0.261 e. The Labute approximate surface area is 242 Å². The minimum atomic E-state index is -0.771. The van der Waals surface area contributed by atoms with Gasteiger partial charge in [0.25, 0.3) is 5.91 Å². The Morgan fingerprint density at radius 1 is 0.921 bits per heavy atom. The topological polar surface area (TPSA) is 58.6 Å². The van der Waals surface area contributed by atoms with E-state index in [1.54, 1.807) is 35.2 Å². The average Bonchev–Trinajstić information content (AvgIpc) is 2.92. The number of benzene rings is 3. The van der Waals surface area contributed by atoms with Crippen molar-refractivity contribution < 1.29 is 14.3 Å². The molecule has 4 rings (SSSR count). The van der Waals surface area contributed by atoms with Gasteiger partial charge in [-0.15, -0.1) is 0 Å². The zero-order chi connectivity index (χ0) is 26.9. The molecule has 1 aliphatic carbocycles. The first-order valence-corrected chi connectivity index (χ1v) is 14.4. The van der Waals surface area contributed by atoms with Crippen molar-refractivity contribution in [1.29, 1.82) is 0 Å². The predicted octanol–water partition coefficient (Wildman–Crippen LogP) is 7.22. The molecular formula is C30H31BrCl2N2O3. The lowest BCUT2D eigenvalue weighted by Crippen LogP contribution is -2.53. The van der Waals surface area contributed by atoms with Crippen LogP contribution in [0.4, 0.5) is 0 Å². The molecular weight excluding hydrogens is 587 g/mol. The second-order valence-corrected chi connectivity index (χ2v) is 11.2. The molecule has 5 nitrogen and oxygen atoms in total. The van der Waals surface area contributed by atoms with Crippen LogP contribution < -0.4 is 10.1 Å². The minimum absolute atomic E-state index is 0.0800. The summed E-state index contributed by atoms with van der Waals surface area (Å²) in [7, 11) is 0.